The summed E-state index contributed by atoms with van der Waals surface area (Å²) >= 11 is 0. The van der Waals surface area contributed by atoms with Crippen molar-refractivity contribution in [2.45, 2.75) is 13.0 Å². The highest BCUT2D eigenvalue weighted by Gasteiger charge is 2.15. The molecule has 1 aromatic carbocycles. The van der Waals surface area contributed by atoms with Crippen molar-refractivity contribution in [2.24, 2.45) is 0 Å². The number of aryl methyl sites for hydroxylation is 1. The standard InChI is InChI=1S/C18H17N3O4S/c22-14-16-13-21(17-7-2-1-3-8-17)19-18(16)15-6-4-9-20(12-15)10-5-11-26(23,24)25/h1-4,6-9,12-14H,5,10-11H2. The molecule has 2 aromatic heterocycles. The maximum absolute atomic E-state index is 11.5. The van der Waals surface area contributed by atoms with Gasteiger partial charge in [-0.05, 0) is 18.2 Å². The Balaban J connectivity index is 1.88. The number of carbonyl (C=O) groups excluding carboxylic acids is 1. The third-order valence-corrected chi connectivity index (χ3v) is 4.62. The number of carbonyl (C=O) groups is 1. The highest BCUT2D eigenvalue weighted by atomic mass is 32.2. The summed E-state index contributed by atoms with van der Waals surface area (Å²) in [7, 11) is -4.22. The maximum atomic E-state index is 11.5. The molecule has 0 aliphatic carbocycles. The normalized spacial score (nSPS) is 11.4. The van der Waals surface area contributed by atoms with Gasteiger partial charge in [0.25, 0.3) is 0 Å². The zero-order valence-corrected chi connectivity index (χ0v) is 14.7. The number of hydrogen-bond acceptors (Lipinski definition) is 5. The fourth-order valence-corrected chi connectivity index (χ4v) is 3.12. The molecule has 0 fully saturated rings. The minimum atomic E-state index is -4.22. The predicted molar refractivity (Wildman–Crippen MR) is 93.8 cm³/mol. The van der Waals surface area contributed by atoms with Gasteiger partial charge in [-0.1, -0.05) is 18.2 Å². The van der Waals surface area contributed by atoms with Gasteiger partial charge in [0, 0.05) is 24.4 Å². The van der Waals surface area contributed by atoms with Gasteiger partial charge < -0.3 is 4.55 Å². The summed E-state index contributed by atoms with van der Waals surface area (Å²) < 4.78 is 35.6. The van der Waals surface area contributed by atoms with Gasteiger partial charge in [0.2, 0.25) is 0 Å². The summed E-state index contributed by atoms with van der Waals surface area (Å²) in [5.41, 5.74) is 2.56. The largest absolute Gasteiger partial charge is 0.748 e. The van der Waals surface area contributed by atoms with Crippen LogP contribution in [0.5, 0.6) is 0 Å². The molecule has 0 aliphatic heterocycles. The van der Waals surface area contributed by atoms with E-state index in [1.54, 1.807) is 33.9 Å². The van der Waals surface area contributed by atoms with Gasteiger partial charge in [-0.15, -0.1) is 0 Å². The van der Waals surface area contributed by atoms with E-state index in [1.807, 2.05) is 36.4 Å². The van der Waals surface area contributed by atoms with E-state index in [-0.39, 0.29) is 6.42 Å². The fraction of sp³-hybridized carbons (Fsp3) is 0.167. The third-order valence-electron chi connectivity index (χ3n) is 3.83. The molecular weight excluding hydrogens is 354 g/mol. The molecule has 2 heterocycles. The van der Waals surface area contributed by atoms with Crippen molar-refractivity contribution >= 4 is 16.4 Å². The van der Waals surface area contributed by atoms with Crippen LogP contribution in [0.1, 0.15) is 16.8 Å². The molecule has 0 radical (unpaired) electrons. The second-order valence-corrected chi connectivity index (χ2v) is 7.30. The molecule has 0 saturated carbocycles. The van der Waals surface area contributed by atoms with E-state index in [2.05, 4.69) is 5.10 Å². The lowest BCUT2D eigenvalue weighted by atomic mass is 10.1. The second-order valence-electron chi connectivity index (χ2n) is 5.78. The van der Waals surface area contributed by atoms with Gasteiger partial charge in [0.05, 0.1) is 26.9 Å². The first kappa shape index (κ1) is 18.0. The van der Waals surface area contributed by atoms with Crippen LogP contribution < -0.4 is 4.57 Å². The highest BCUT2D eigenvalue weighted by Crippen LogP contribution is 2.21. The van der Waals surface area contributed by atoms with Crippen molar-refractivity contribution < 1.29 is 22.3 Å². The van der Waals surface area contributed by atoms with Gasteiger partial charge in [-0.25, -0.2) is 17.7 Å². The van der Waals surface area contributed by atoms with E-state index in [1.165, 1.54) is 0 Å². The van der Waals surface area contributed by atoms with Gasteiger partial charge in [-0.3, -0.25) is 4.79 Å². The van der Waals surface area contributed by atoms with Crippen LogP contribution >= 0.6 is 0 Å². The quantitative estimate of drug-likeness (QED) is 0.357. The molecule has 3 rings (SSSR count). The molecule has 0 saturated heterocycles. The van der Waals surface area contributed by atoms with E-state index in [0.717, 1.165) is 17.5 Å². The molecule has 134 valence electrons. The van der Waals surface area contributed by atoms with Crippen LogP contribution in [0.15, 0.2) is 61.1 Å². The lowest BCUT2D eigenvalue weighted by Crippen LogP contribution is -2.33. The van der Waals surface area contributed by atoms with Crippen molar-refractivity contribution in [3.63, 3.8) is 0 Å². The monoisotopic (exact) mass is 371 g/mol. The highest BCUT2D eigenvalue weighted by molar-refractivity contribution is 7.85. The summed E-state index contributed by atoms with van der Waals surface area (Å²) in [6.07, 6.45) is 6.19. The Labute approximate surface area is 151 Å². The number of aldehydes is 1. The topological polar surface area (TPSA) is 96.0 Å². The first-order valence-electron chi connectivity index (χ1n) is 7.99. The minimum absolute atomic E-state index is 0.221. The van der Waals surface area contributed by atoms with Crippen LogP contribution in [0.25, 0.3) is 16.9 Å². The third kappa shape index (κ3) is 4.41. The molecule has 0 aliphatic rings. The molecule has 3 aromatic rings. The number of pyridine rings is 1. The molecule has 0 atom stereocenters. The minimum Gasteiger partial charge on any atom is -0.748 e. The van der Waals surface area contributed by atoms with Crippen molar-refractivity contribution in [1.29, 1.82) is 0 Å². The smallest absolute Gasteiger partial charge is 0.178 e. The first-order valence-corrected chi connectivity index (χ1v) is 9.57. The number of rotatable bonds is 7. The molecule has 0 amide bonds. The lowest BCUT2D eigenvalue weighted by molar-refractivity contribution is -0.696. The van der Waals surface area contributed by atoms with Gasteiger partial charge >= 0.3 is 0 Å². The van der Waals surface area contributed by atoms with Crippen LogP contribution in [0.3, 0.4) is 0 Å². The van der Waals surface area contributed by atoms with Crippen LogP contribution in [0, 0.1) is 0 Å². The Kier molecular flexibility index (Phi) is 5.24. The van der Waals surface area contributed by atoms with E-state index in [4.69, 9.17) is 0 Å². The maximum Gasteiger partial charge on any atom is 0.178 e. The summed E-state index contributed by atoms with van der Waals surface area (Å²) in [4.78, 5) is 11.5. The Morgan fingerprint density at radius 3 is 2.62 bits per heavy atom. The number of aromatic nitrogens is 3. The Morgan fingerprint density at radius 2 is 1.92 bits per heavy atom. The molecule has 0 bridgehead atoms. The molecule has 7 nitrogen and oxygen atoms in total. The molecule has 0 spiro atoms. The van der Waals surface area contributed by atoms with Crippen molar-refractivity contribution in [3.05, 3.63) is 66.6 Å². The molecular formula is C18H17N3O4S. The SMILES string of the molecule is O=Cc1cn(-c2ccccc2)nc1-c1ccc[n+](CCCS(=O)(=O)[O-])c1. The lowest BCUT2D eigenvalue weighted by Gasteiger charge is -2.04. The van der Waals surface area contributed by atoms with Crippen LogP contribution in [0.2, 0.25) is 0 Å². The second kappa shape index (κ2) is 7.59. The Morgan fingerprint density at radius 1 is 1.15 bits per heavy atom. The summed E-state index contributed by atoms with van der Waals surface area (Å²) in [5.74, 6) is -0.410. The van der Waals surface area contributed by atoms with Gasteiger partial charge in [0.15, 0.2) is 18.7 Å². The fourth-order valence-electron chi connectivity index (χ4n) is 2.64. The number of nitrogens with zero attached hydrogens (tertiary/aromatic N) is 3. The average molecular weight is 371 g/mol. The number of benzene rings is 1. The van der Waals surface area contributed by atoms with E-state index in [0.29, 0.717) is 17.8 Å². The first-order chi connectivity index (χ1) is 12.5. The summed E-state index contributed by atoms with van der Waals surface area (Å²) in [6, 6.07) is 13.1. The van der Waals surface area contributed by atoms with Crippen molar-refractivity contribution in [1.82, 2.24) is 9.78 Å². The van der Waals surface area contributed by atoms with E-state index < -0.39 is 15.9 Å². The van der Waals surface area contributed by atoms with Crippen molar-refractivity contribution in [2.75, 3.05) is 5.75 Å². The number of para-hydroxylation sites is 1. The number of hydrogen-bond donors (Lipinski definition) is 0. The van der Waals surface area contributed by atoms with Gasteiger partial charge in [-0.2, -0.15) is 5.10 Å². The average Bonchev–Trinajstić information content (AvgIpc) is 3.06. The van der Waals surface area contributed by atoms with E-state index >= 15 is 0 Å². The predicted octanol–water partition coefficient (Wildman–Crippen LogP) is 1.57. The van der Waals surface area contributed by atoms with E-state index in [9.17, 15) is 17.8 Å². The zero-order chi connectivity index (χ0) is 18.6. The van der Waals surface area contributed by atoms with Gasteiger partial charge in [0.1, 0.15) is 12.2 Å². The Bertz CT molecular complexity index is 1010. The van der Waals surface area contributed by atoms with Crippen LogP contribution in [0.4, 0.5) is 0 Å². The van der Waals surface area contributed by atoms with Crippen LogP contribution in [-0.2, 0) is 16.7 Å². The zero-order valence-electron chi connectivity index (χ0n) is 13.9. The van der Waals surface area contributed by atoms with Crippen LogP contribution in [-0.4, -0.2) is 34.8 Å². The molecule has 26 heavy (non-hydrogen) atoms. The molecule has 0 unspecified atom stereocenters. The van der Waals surface area contributed by atoms with Crippen molar-refractivity contribution in [3.8, 4) is 16.9 Å². The Hall–Kier alpha value is -2.84. The molecule has 8 heteroatoms. The summed E-state index contributed by atoms with van der Waals surface area (Å²) in [6.45, 7) is 0.380. The molecule has 0 N–H and O–H groups in total. The summed E-state index contributed by atoms with van der Waals surface area (Å²) in [5, 5.41) is 4.51.